The summed E-state index contributed by atoms with van der Waals surface area (Å²) < 4.78 is 1.85. The number of carbonyl (C=O) groups excluding carboxylic acids is 1. The molecule has 124 valence electrons. The van der Waals surface area contributed by atoms with Gasteiger partial charge in [0.05, 0.1) is 5.69 Å². The molecule has 0 unspecified atom stereocenters. The largest absolute Gasteiger partial charge is 0.385 e. The summed E-state index contributed by atoms with van der Waals surface area (Å²) in [6.07, 6.45) is 2.02. The summed E-state index contributed by atoms with van der Waals surface area (Å²) in [7, 11) is 1.92. The summed E-state index contributed by atoms with van der Waals surface area (Å²) in [5.74, 6) is -0.0109. The summed E-state index contributed by atoms with van der Waals surface area (Å²) in [5, 5.41) is 10.8. The maximum absolute atomic E-state index is 12.6. The predicted octanol–water partition coefficient (Wildman–Crippen LogP) is 2.75. The lowest BCUT2D eigenvalue weighted by molar-refractivity contribution is 0.0950. The minimum absolute atomic E-state index is 0. The van der Waals surface area contributed by atoms with E-state index in [4.69, 9.17) is 0 Å². The lowest BCUT2D eigenvalue weighted by Crippen LogP contribution is -2.26. The van der Waals surface area contributed by atoms with Crippen molar-refractivity contribution in [3.63, 3.8) is 0 Å². The molecule has 1 aromatic heterocycles. The molecule has 0 fully saturated rings. The van der Waals surface area contributed by atoms with Crippen LogP contribution < -0.4 is 10.6 Å². The van der Waals surface area contributed by atoms with Crippen molar-refractivity contribution in [3.05, 3.63) is 46.3 Å². The molecule has 0 bridgehead atoms. The lowest BCUT2D eigenvalue weighted by Gasteiger charge is -2.20. The van der Waals surface area contributed by atoms with Gasteiger partial charge in [0.25, 0.3) is 5.91 Å². The predicted molar refractivity (Wildman–Crippen MR) is 94.4 cm³/mol. The van der Waals surface area contributed by atoms with Crippen LogP contribution in [0, 0.1) is 13.8 Å². The smallest absolute Gasteiger partial charge is 0.251 e. The first-order chi connectivity index (χ1) is 10.6. The molecule has 0 saturated heterocycles. The Labute approximate surface area is 142 Å². The first-order valence-electron chi connectivity index (χ1n) is 7.71. The molecule has 0 radical (unpaired) electrons. The van der Waals surface area contributed by atoms with Gasteiger partial charge >= 0.3 is 0 Å². The highest BCUT2D eigenvalue weighted by molar-refractivity contribution is 5.97. The molecule has 2 N–H and O–H groups in total. The number of rotatable bonds is 3. The van der Waals surface area contributed by atoms with Gasteiger partial charge in [0, 0.05) is 42.6 Å². The number of halogens is 1. The summed E-state index contributed by atoms with van der Waals surface area (Å²) in [4.78, 5) is 12.6. The van der Waals surface area contributed by atoms with E-state index in [2.05, 4.69) is 15.7 Å². The van der Waals surface area contributed by atoms with Gasteiger partial charge in [0.15, 0.2) is 0 Å². The molecule has 2 heterocycles. The molecule has 0 atom stereocenters. The van der Waals surface area contributed by atoms with E-state index >= 15 is 0 Å². The first-order valence-corrected chi connectivity index (χ1v) is 7.71. The number of carbonyl (C=O) groups is 1. The fraction of sp³-hybridized carbons (Fsp3) is 0.412. The first kappa shape index (κ1) is 17.3. The van der Waals surface area contributed by atoms with Gasteiger partial charge in [-0.05, 0) is 44.4 Å². The van der Waals surface area contributed by atoms with E-state index in [1.807, 2.05) is 43.8 Å². The highest BCUT2D eigenvalue weighted by Gasteiger charge is 2.18. The Morgan fingerprint density at radius 1 is 1.39 bits per heavy atom. The van der Waals surface area contributed by atoms with E-state index in [1.165, 1.54) is 0 Å². The van der Waals surface area contributed by atoms with Gasteiger partial charge in [-0.15, -0.1) is 12.4 Å². The van der Waals surface area contributed by atoms with Crippen molar-refractivity contribution in [1.82, 2.24) is 15.1 Å². The fourth-order valence-corrected chi connectivity index (χ4v) is 3.06. The van der Waals surface area contributed by atoms with E-state index in [1.54, 1.807) is 0 Å². The molecule has 6 heteroatoms. The molecule has 2 aromatic rings. The molecule has 0 saturated carbocycles. The number of aryl methyl sites for hydroxylation is 2. The van der Waals surface area contributed by atoms with Crippen LogP contribution in [0.1, 0.15) is 39.3 Å². The Bertz CT molecular complexity index is 724. The number of anilines is 1. The molecular formula is C17H23ClN4O. The molecule has 1 aliphatic rings. The quantitative estimate of drug-likeness (QED) is 0.907. The maximum Gasteiger partial charge on any atom is 0.251 e. The Morgan fingerprint density at radius 2 is 2.17 bits per heavy atom. The third-order valence-corrected chi connectivity index (χ3v) is 4.42. The minimum atomic E-state index is -0.0109. The van der Waals surface area contributed by atoms with Crippen molar-refractivity contribution in [2.45, 2.75) is 33.2 Å². The Hall–Kier alpha value is -2.01. The monoisotopic (exact) mass is 334 g/mol. The van der Waals surface area contributed by atoms with Crippen molar-refractivity contribution >= 4 is 24.0 Å². The van der Waals surface area contributed by atoms with Crippen LogP contribution in [0.3, 0.4) is 0 Å². The van der Waals surface area contributed by atoms with Crippen LogP contribution in [-0.4, -0.2) is 22.2 Å². The standard InChI is InChI=1S/C17H22N4O.ClH/c1-11-15(12(2)21(3)20-11)10-19-17(22)14-6-4-8-16-13(14)7-5-9-18-16;/h4,6,8,18H,5,7,9-10H2,1-3H3,(H,19,22);1H. The number of fused-ring (bicyclic) bond motifs is 1. The molecule has 23 heavy (non-hydrogen) atoms. The SMILES string of the molecule is Cc1nn(C)c(C)c1CNC(=O)c1cccc2c1CCCN2.Cl. The van der Waals surface area contributed by atoms with E-state index in [9.17, 15) is 4.79 Å². The Morgan fingerprint density at radius 3 is 2.87 bits per heavy atom. The molecule has 1 amide bonds. The van der Waals surface area contributed by atoms with Gasteiger partial charge in [-0.1, -0.05) is 6.07 Å². The second kappa shape index (κ2) is 7.04. The average Bonchev–Trinajstić information content (AvgIpc) is 2.77. The zero-order chi connectivity index (χ0) is 15.7. The van der Waals surface area contributed by atoms with Crippen LogP contribution in [0.4, 0.5) is 5.69 Å². The minimum Gasteiger partial charge on any atom is -0.385 e. The van der Waals surface area contributed by atoms with E-state index in [-0.39, 0.29) is 18.3 Å². The highest BCUT2D eigenvalue weighted by atomic mass is 35.5. The lowest BCUT2D eigenvalue weighted by atomic mass is 9.97. The molecule has 3 rings (SSSR count). The van der Waals surface area contributed by atoms with Crippen LogP contribution in [0.2, 0.25) is 0 Å². The topological polar surface area (TPSA) is 59.0 Å². The third-order valence-electron chi connectivity index (χ3n) is 4.42. The number of nitrogens with one attached hydrogen (secondary N) is 2. The number of nitrogens with zero attached hydrogens (tertiary/aromatic N) is 2. The molecular weight excluding hydrogens is 312 g/mol. The van der Waals surface area contributed by atoms with Crippen LogP contribution in [0.25, 0.3) is 0 Å². The van der Waals surface area contributed by atoms with Crippen LogP contribution in [0.15, 0.2) is 18.2 Å². The molecule has 0 spiro atoms. The summed E-state index contributed by atoms with van der Waals surface area (Å²) in [6, 6.07) is 5.89. The van der Waals surface area contributed by atoms with Gasteiger partial charge in [0.1, 0.15) is 0 Å². The number of amides is 1. The van der Waals surface area contributed by atoms with Gasteiger partial charge in [-0.2, -0.15) is 5.10 Å². The zero-order valence-corrected chi connectivity index (χ0v) is 14.6. The van der Waals surface area contributed by atoms with Crippen molar-refractivity contribution in [2.75, 3.05) is 11.9 Å². The van der Waals surface area contributed by atoms with E-state index < -0.39 is 0 Å². The summed E-state index contributed by atoms with van der Waals surface area (Å²) in [6.45, 7) is 5.49. The van der Waals surface area contributed by atoms with Crippen molar-refractivity contribution in [1.29, 1.82) is 0 Å². The van der Waals surface area contributed by atoms with Crippen LogP contribution in [0.5, 0.6) is 0 Å². The Kier molecular flexibility index (Phi) is 5.31. The van der Waals surface area contributed by atoms with Crippen LogP contribution >= 0.6 is 12.4 Å². The van der Waals surface area contributed by atoms with Gasteiger partial charge in [-0.25, -0.2) is 0 Å². The highest BCUT2D eigenvalue weighted by Crippen LogP contribution is 2.25. The maximum atomic E-state index is 12.6. The Balaban J connectivity index is 0.00000192. The number of hydrogen-bond donors (Lipinski definition) is 2. The third kappa shape index (κ3) is 3.34. The fourth-order valence-electron chi connectivity index (χ4n) is 3.06. The normalized spacial score (nSPS) is 12.8. The summed E-state index contributed by atoms with van der Waals surface area (Å²) in [5.41, 5.74) is 6.16. The van der Waals surface area contributed by atoms with Gasteiger partial charge in [0.2, 0.25) is 0 Å². The van der Waals surface area contributed by atoms with Gasteiger partial charge < -0.3 is 10.6 Å². The van der Waals surface area contributed by atoms with Crippen LogP contribution in [-0.2, 0) is 20.0 Å². The second-order valence-electron chi connectivity index (χ2n) is 5.82. The van der Waals surface area contributed by atoms with Crippen molar-refractivity contribution in [2.24, 2.45) is 7.05 Å². The number of hydrogen-bond acceptors (Lipinski definition) is 3. The van der Waals surface area contributed by atoms with Crippen molar-refractivity contribution in [3.8, 4) is 0 Å². The molecule has 1 aromatic carbocycles. The zero-order valence-electron chi connectivity index (χ0n) is 13.8. The second-order valence-corrected chi connectivity index (χ2v) is 5.82. The van der Waals surface area contributed by atoms with Crippen molar-refractivity contribution < 1.29 is 4.79 Å². The summed E-state index contributed by atoms with van der Waals surface area (Å²) >= 11 is 0. The average molecular weight is 335 g/mol. The number of aromatic nitrogens is 2. The molecule has 5 nitrogen and oxygen atoms in total. The van der Waals surface area contributed by atoms with E-state index in [0.29, 0.717) is 6.54 Å². The molecule has 1 aliphatic heterocycles. The van der Waals surface area contributed by atoms with E-state index in [0.717, 1.165) is 53.2 Å². The van der Waals surface area contributed by atoms with Gasteiger partial charge in [-0.3, -0.25) is 9.48 Å². The molecule has 0 aliphatic carbocycles. The number of benzene rings is 1.